The summed E-state index contributed by atoms with van der Waals surface area (Å²) in [5.74, 6) is 0. The van der Waals surface area contributed by atoms with E-state index in [1.807, 2.05) is 0 Å². The van der Waals surface area contributed by atoms with Crippen molar-refractivity contribution < 1.29 is 35.3 Å². The molecule has 3 nitrogen and oxygen atoms in total. The van der Waals surface area contributed by atoms with Crippen molar-refractivity contribution in [1.29, 1.82) is 0 Å². The first-order chi connectivity index (χ1) is 0. The van der Waals surface area contributed by atoms with E-state index < -0.39 is 0 Å². The maximum atomic E-state index is 0. The first kappa shape index (κ1) is 135. The maximum Gasteiger partial charge on any atom is 1.00 e. The Morgan fingerprint density at radius 3 is 0.667 bits per heavy atom. The predicted molar refractivity (Wildman–Crippen MR) is 16.4 cm³/mol. The third-order valence-electron chi connectivity index (χ3n) is 0. The molecule has 0 atom stereocenters. The Morgan fingerprint density at radius 2 is 0.667 bits per heavy atom. The SMILES string of the molecule is [Al+3].[GeH2+2].[Li+].[O-2].[O-2].[O-2]. The molecule has 0 fully saturated rings. The largest absolute Gasteiger partial charge is 2.00 e. The normalized spacial score (nSPS) is 0. The summed E-state index contributed by atoms with van der Waals surface area (Å²) in [5, 5.41) is 0. The summed E-state index contributed by atoms with van der Waals surface area (Å²) in [5.41, 5.74) is 0. The van der Waals surface area contributed by atoms with E-state index in [9.17, 15) is 0 Å². The fourth-order valence-corrected chi connectivity index (χ4v) is 0. The molecule has 28 valence electrons. The summed E-state index contributed by atoms with van der Waals surface area (Å²) < 4.78 is 0. The monoisotopic (exact) mass is 158 g/mol. The number of hydrogen-bond acceptors (Lipinski definition) is 0. The predicted octanol–water partition coefficient (Wildman–Crippen LogP) is -4.65. The summed E-state index contributed by atoms with van der Waals surface area (Å²) in [7, 11) is 0. The molecule has 0 amide bonds. The van der Waals surface area contributed by atoms with Gasteiger partial charge in [-0.2, -0.15) is 0 Å². The maximum absolute atomic E-state index is 0. The topological polar surface area (TPSA) is 85.5 Å². The van der Waals surface area contributed by atoms with Crippen LogP contribution in [0.2, 0.25) is 0 Å². The molecule has 0 N–H and O–H groups in total. The molecule has 0 aromatic carbocycles. The summed E-state index contributed by atoms with van der Waals surface area (Å²) in [6.07, 6.45) is 0. The van der Waals surface area contributed by atoms with Crippen LogP contribution in [-0.4, -0.2) is 35.0 Å². The Hall–Kier alpha value is 1.55. The van der Waals surface area contributed by atoms with Gasteiger partial charge in [-0.15, -0.1) is 0 Å². The van der Waals surface area contributed by atoms with E-state index in [2.05, 4.69) is 0 Å². The Bertz CT molecular complexity index is 10.8. The minimum atomic E-state index is 0. The Balaban J connectivity index is 0. The van der Waals surface area contributed by atoms with Crippen molar-refractivity contribution in [2.75, 3.05) is 0 Å². The van der Waals surface area contributed by atoms with Gasteiger partial charge in [0.15, 0.2) is 0 Å². The minimum Gasteiger partial charge on any atom is -2.00 e. The van der Waals surface area contributed by atoms with E-state index in [1.165, 1.54) is 0 Å². The van der Waals surface area contributed by atoms with Crippen LogP contribution in [-0.2, 0) is 16.4 Å². The van der Waals surface area contributed by atoms with Gasteiger partial charge in [0.05, 0.1) is 0 Å². The van der Waals surface area contributed by atoms with Crippen molar-refractivity contribution in [3.63, 3.8) is 0 Å². The molecule has 0 aliphatic carbocycles. The third kappa shape index (κ3) is 47.7. The van der Waals surface area contributed by atoms with Crippen LogP contribution < -0.4 is 18.9 Å². The number of hydrogen-bond donors (Lipinski definition) is 0. The summed E-state index contributed by atoms with van der Waals surface area (Å²) in [6.45, 7) is 0. The van der Waals surface area contributed by atoms with Gasteiger partial charge in [-0.05, 0) is 0 Å². The molecule has 0 unspecified atom stereocenters. The molecule has 0 saturated heterocycles. The molecule has 0 aromatic rings. The van der Waals surface area contributed by atoms with Crippen molar-refractivity contribution in [1.82, 2.24) is 0 Å². The molecule has 0 spiro atoms. The van der Waals surface area contributed by atoms with E-state index in [0.717, 1.165) is 0 Å². The second-order valence-corrected chi connectivity index (χ2v) is 0. The molecule has 0 aliphatic heterocycles. The van der Waals surface area contributed by atoms with Gasteiger partial charge >= 0.3 is 53.8 Å². The van der Waals surface area contributed by atoms with Crippen molar-refractivity contribution >= 4 is 35.0 Å². The molecule has 0 aliphatic rings. The zero-order chi connectivity index (χ0) is 0. The fraction of sp³-hybridized carbons (Fsp3) is 0. The van der Waals surface area contributed by atoms with E-state index in [-0.39, 0.29) is 70.2 Å². The molecule has 0 radical (unpaired) electrons. The van der Waals surface area contributed by atoms with Gasteiger partial charge in [-0.3, -0.25) is 0 Å². The van der Waals surface area contributed by atoms with Crippen LogP contribution in [0.5, 0.6) is 0 Å². The standard InChI is InChI=1S/Al.GeH2.Li.3O/h;1H2;;;;/q+3;+2;+1;3*-2. The van der Waals surface area contributed by atoms with Gasteiger partial charge in [-0.25, -0.2) is 0 Å². The zero-order valence-electron chi connectivity index (χ0n) is 3.51. The Morgan fingerprint density at radius 1 is 0.667 bits per heavy atom. The fourth-order valence-electron chi connectivity index (χ4n) is 0. The van der Waals surface area contributed by atoms with Crippen molar-refractivity contribution in [2.45, 2.75) is 0 Å². The average molecular weight is 157 g/mol. The smallest absolute Gasteiger partial charge is 1.00 e. The second-order valence-electron chi connectivity index (χ2n) is 0. The molecule has 0 bridgehead atoms. The first-order valence-corrected chi connectivity index (χ1v) is 0. The van der Waals surface area contributed by atoms with Crippen LogP contribution in [0.1, 0.15) is 0 Å². The van der Waals surface area contributed by atoms with E-state index in [4.69, 9.17) is 0 Å². The van der Waals surface area contributed by atoms with Gasteiger partial charge in [0.25, 0.3) is 0 Å². The van der Waals surface area contributed by atoms with Gasteiger partial charge in [0.1, 0.15) is 0 Å². The third-order valence-corrected chi connectivity index (χ3v) is 0. The van der Waals surface area contributed by atoms with E-state index >= 15 is 0 Å². The quantitative estimate of drug-likeness (QED) is 0.316. The van der Waals surface area contributed by atoms with Crippen LogP contribution in [0.25, 0.3) is 0 Å². The Labute approximate surface area is 70.1 Å². The summed E-state index contributed by atoms with van der Waals surface area (Å²) in [4.78, 5) is 0. The van der Waals surface area contributed by atoms with Crippen LogP contribution in [0, 0.1) is 0 Å². The van der Waals surface area contributed by atoms with Gasteiger partial charge in [0, 0.05) is 0 Å². The summed E-state index contributed by atoms with van der Waals surface area (Å²) >= 11 is 0. The molecule has 6 heteroatoms. The molecule has 0 saturated carbocycles. The minimum absolute atomic E-state index is 0. The van der Waals surface area contributed by atoms with Crippen molar-refractivity contribution in [2.24, 2.45) is 0 Å². The van der Waals surface area contributed by atoms with Gasteiger partial charge < -0.3 is 16.4 Å². The van der Waals surface area contributed by atoms with Crippen molar-refractivity contribution in [3.8, 4) is 0 Å². The molecular weight excluding hydrogens is 155 g/mol. The molecule has 0 aromatic heterocycles. The molecule has 0 rings (SSSR count). The van der Waals surface area contributed by atoms with Crippen LogP contribution in [0.4, 0.5) is 0 Å². The summed E-state index contributed by atoms with van der Waals surface area (Å²) in [6, 6.07) is 0. The zero-order valence-corrected chi connectivity index (χ0v) is 7.63. The molecular formula is H2AlGeLiO3. The van der Waals surface area contributed by atoms with Gasteiger partial charge in [-0.1, -0.05) is 0 Å². The molecule has 6 heavy (non-hydrogen) atoms. The van der Waals surface area contributed by atoms with Crippen molar-refractivity contribution in [3.05, 3.63) is 0 Å². The average Bonchev–Trinajstić information content (AvgIpc) is 0. The number of rotatable bonds is 0. The van der Waals surface area contributed by atoms with Crippen LogP contribution >= 0.6 is 0 Å². The Kier molecular flexibility index (Phi) is 1880. The molecule has 0 heterocycles. The van der Waals surface area contributed by atoms with Gasteiger partial charge in [0.2, 0.25) is 0 Å². The second kappa shape index (κ2) is 83.8. The van der Waals surface area contributed by atoms with E-state index in [1.54, 1.807) is 0 Å². The first-order valence-electron chi connectivity index (χ1n) is 0. The van der Waals surface area contributed by atoms with Crippen LogP contribution in [0.3, 0.4) is 0 Å². The van der Waals surface area contributed by atoms with E-state index in [0.29, 0.717) is 0 Å². The van der Waals surface area contributed by atoms with Crippen LogP contribution in [0.15, 0.2) is 0 Å².